The minimum absolute atomic E-state index is 0.00888. The van der Waals surface area contributed by atoms with Gasteiger partial charge in [0.2, 0.25) is 5.78 Å². The third-order valence-electron chi connectivity index (χ3n) is 5.06. The van der Waals surface area contributed by atoms with Crippen molar-refractivity contribution in [1.29, 1.82) is 0 Å². The summed E-state index contributed by atoms with van der Waals surface area (Å²) in [5.41, 5.74) is 2.52. The molecule has 27 heavy (non-hydrogen) atoms. The number of ketones is 1. The molecule has 1 aliphatic heterocycles. The lowest BCUT2D eigenvalue weighted by Crippen LogP contribution is -2.42. The number of likely N-dealkylation sites (tertiary alicyclic amines) is 1. The van der Waals surface area contributed by atoms with Gasteiger partial charge in [0.05, 0.1) is 5.69 Å². The first-order valence-corrected chi connectivity index (χ1v) is 9.04. The molecule has 138 valence electrons. The zero-order chi connectivity index (χ0) is 18.8. The fourth-order valence-corrected chi connectivity index (χ4v) is 3.55. The zero-order valence-electron chi connectivity index (χ0n) is 15.1. The summed E-state index contributed by atoms with van der Waals surface area (Å²) in [6, 6.07) is 9.34. The predicted molar refractivity (Wildman–Crippen MR) is 100 cm³/mol. The van der Waals surface area contributed by atoms with Crippen LogP contribution >= 0.6 is 0 Å². The van der Waals surface area contributed by atoms with Gasteiger partial charge in [0.25, 0.3) is 5.91 Å². The van der Waals surface area contributed by atoms with Gasteiger partial charge in [0.15, 0.2) is 5.82 Å². The van der Waals surface area contributed by atoms with Crippen molar-refractivity contribution in [2.24, 2.45) is 13.0 Å². The normalized spacial score (nSPS) is 17.1. The van der Waals surface area contributed by atoms with Gasteiger partial charge >= 0.3 is 0 Å². The molecule has 0 unspecified atom stereocenters. The van der Waals surface area contributed by atoms with E-state index in [-0.39, 0.29) is 17.6 Å². The number of carbonyl (C=O) groups excluding carboxylic acids is 2. The fourth-order valence-electron chi connectivity index (χ4n) is 3.55. The van der Waals surface area contributed by atoms with Crippen molar-refractivity contribution in [2.45, 2.75) is 12.8 Å². The topological polar surface area (TPSA) is 83.9 Å². The summed E-state index contributed by atoms with van der Waals surface area (Å²) in [6.07, 6.45) is 6.69. The molecule has 1 aliphatic rings. The molecule has 0 spiro atoms. The highest BCUT2D eigenvalue weighted by molar-refractivity contribution is 5.97. The van der Waals surface area contributed by atoms with Gasteiger partial charge in [-0.05, 0) is 36.6 Å². The van der Waals surface area contributed by atoms with Crippen molar-refractivity contribution in [3.8, 4) is 11.3 Å². The van der Waals surface area contributed by atoms with E-state index in [4.69, 9.17) is 0 Å². The first kappa shape index (κ1) is 17.2. The number of imidazole rings is 1. The van der Waals surface area contributed by atoms with Crippen molar-refractivity contribution in [2.75, 3.05) is 13.1 Å². The highest BCUT2D eigenvalue weighted by Crippen LogP contribution is 2.23. The molecule has 1 fully saturated rings. The van der Waals surface area contributed by atoms with Gasteiger partial charge in [0.1, 0.15) is 0 Å². The molecule has 0 aliphatic carbocycles. The quantitative estimate of drug-likeness (QED) is 0.722. The summed E-state index contributed by atoms with van der Waals surface area (Å²) in [5, 5.41) is 6.85. The number of aromatic amines is 1. The number of aromatic nitrogens is 4. The summed E-state index contributed by atoms with van der Waals surface area (Å²) in [7, 11) is 1.81. The summed E-state index contributed by atoms with van der Waals surface area (Å²) in [4.78, 5) is 31.6. The maximum atomic E-state index is 12.9. The largest absolute Gasteiger partial charge is 0.338 e. The second-order valence-corrected chi connectivity index (χ2v) is 6.86. The van der Waals surface area contributed by atoms with Gasteiger partial charge in [0, 0.05) is 50.2 Å². The molecular formula is C20H21N5O2. The van der Waals surface area contributed by atoms with E-state index in [1.54, 1.807) is 28.1 Å². The lowest BCUT2D eigenvalue weighted by Gasteiger charge is -2.32. The van der Waals surface area contributed by atoms with Crippen LogP contribution in [0.15, 0.2) is 48.9 Å². The molecule has 1 atom stereocenters. The van der Waals surface area contributed by atoms with Crippen molar-refractivity contribution in [1.82, 2.24) is 24.6 Å². The average molecular weight is 363 g/mol. The summed E-state index contributed by atoms with van der Waals surface area (Å²) >= 11 is 0. The standard InChI is InChI=1S/C20H21N5O2/c1-24-12-10-21-19(24)18(26)16-3-2-11-25(13-16)20(27)15-6-4-14(5-7-15)17-8-9-22-23-17/h4-10,12,16H,2-3,11,13H2,1H3,(H,22,23)/t16-/m1/s1. The number of carbonyl (C=O) groups is 2. The van der Waals surface area contributed by atoms with Crippen LogP contribution in [0.4, 0.5) is 0 Å². The molecule has 1 amide bonds. The Kier molecular flexibility index (Phi) is 4.58. The number of amides is 1. The molecule has 0 bridgehead atoms. The summed E-state index contributed by atoms with van der Waals surface area (Å²) in [5.74, 6) is 0.226. The maximum absolute atomic E-state index is 12.9. The van der Waals surface area contributed by atoms with Crippen LogP contribution in [0.3, 0.4) is 0 Å². The number of Topliss-reactive ketones (excluding diaryl/α,β-unsaturated/α-hetero) is 1. The van der Waals surface area contributed by atoms with Gasteiger partial charge in [-0.3, -0.25) is 14.7 Å². The number of hydrogen-bond donors (Lipinski definition) is 1. The first-order valence-electron chi connectivity index (χ1n) is 9.04. The van der Waals surface area contributed by atoms with Crippen molar-refractivity contribution in [3.05, 3.63) is 60.3 Å². The first-order chi connectivity index (χ1) is 13.1. The van der Waals surface area contributed by atoms with Crippen LogP contribution in [-0.2, 0) is 7.05 Å². The molecule has 3 heterocycles. The van der Waals surface area contributed by atoms with Crippen molar-refractivity contribution >= 4 is 11.7 Å². The Morgan fingerprint density at radius 2 is 1.96 bits per heavy atom. The predicted octanol–water partition coefficient (Wildman–Crippen LogP) is 2.55. The Morgan fingerprint density at radius 3 is 2.63 bits per heavy atom. The van der Waals surface area contributed by atoms with E-state index in [9.17, 15) is 9.59 Å². The lowest BCUT2D eigenvalue weighted by atomic mass is 9.92. The molecule has 1 N–H and O–H groups in total. The molecular weight excluding hydrogens is 342 g/mol. The molecule has 7 heteroatoms. The fraction of sp³-hybridized carbons (Fsp3) is 0.300. The molecule has 1 aromatic carbocycles. The smallest absolute Gasteiger partial charge is 0.253 e. The minimum atomic E-state index is -0.201. The minimum Gasteiger partial charge on any atom is -0.338 e. The highest BCUT2D eigenvalue weighted by Gasteiger charge is 2.31. The molecule has 7 nitrogen and oxygen atoms in total. The number of nitrogens with one attached hydrogen (secondary N) is 1. The Bertz CT molecular complexity index is 943. The second kappa shape index (κ2) is 7.19. The van der Waals surface area contributed by atoms with Crippen molar-refractivity contribution in [3.63, 3.8) is 0 Å². The van der Waals surface area contributed by atoms with E-state index in [2.05, 4.69) is 15.2 Å². The molecule has 4 rings (SSSR count). The average Bonchev–Trinajstić information content (AvgIpc) is 3.39. The highest BCUT2D eigenvalue weighted by atomic mass is 16.2. The number of aryl methyl sites for hydroxylation is 1. The van der Waals surface area contributed by atoms with Gasteiger partial charge in [-0.25, -0.2) is 4.98 Å². The van der Waals surface area contributed by atoms with Crippen molar-refractivity contribution < 1.29 is 9.59 Å². The van der Waals surface area contributed by atoms with Crippen LogP contribution in [0.25, 0.3) is 11.3 Å². The van der Waals surface area contributed by atoms with Gasteiger partial charge < -0.3 is 9.47 Å². The van der Waals surface area contributed by atoms with Crippen LogP contribution in [0.1, 0.15) is 33.8 Å². The molecule has 0 radical (unpaired) electrons. The Labute approximate surface area is 157 Å². The summed E-state index contributed by atoms with van der Waals surface area (Å²) < 4.78 is 1.73. The van der Waals surface area contributed by atoms with Crippen LogP contribution in [0.5, 0.6) is 0 Å². The van der Waals surface area contributed by atoms with Gasteiger partial charge in [-0.1, -0.05) is 12.1 Å². The number of hydrogen-bond acceptors (Lipinski definition) is 4. The number of nitrogens with zero attached hydrogens (tertiary/aromatic N) is 4. The molecule has 3 aromatic rings. The van der Waals surface area contributed by atoms with Gasteiger partial charge in [-0.15, -0.1) is 0 Å². The van der Waals surface area contributed by atoms with E-state index in [0.29, 0.717) is 24.5 Å². The molecule has 2 aromatic heterocycles. The van der Waals surface area contributed by atoms with Crippen LogP contribution < -0.4 is 0 Å². The Balaban J connectivity index is 1.47. The van der Waals surface area contributed by atoms with E-state index in [1.165, 1.54) is 0 Å². The van der Waals surface area contributed by atoms with E-state index < -0.39 is 0 Å². The SMILES string of the molecule is Cn1ccnc1C(=O)[C@@H]1CCCN(C(=O)c2ccc(-c3ccn[nH]3)cc2)C1. The number of piperidine rings is 1. The molecule has 0 saturated carbocycles. The third-order valence-corrected chi connectivity index (χ3v) is 5.06. The lowest BCUT2D eigenvalue weighted by molar-refractivity contribution is 0.0633. The Morgan fingerprint density at radius 1 is 1.15 bits per heavy atom. The van der Waals surface area contributed by atoms with Crippen LogP contribution in [0, 0.1) is 5.92 Å². The van der Waals surface area contributed by atoms with Crippen LogP contribution in [-0.4, -0.2) is 49.4 Å². The van der Waals surface area contributed by atoms with Crippen LogP contribution in [0.2, 0.25) is 0 Å². The third kappa shape index (κ3) is 3.40. The second-order valence-electron chi connectivity index (χ2n) is 6.86. The monoisotopic (exact) mass is 363 g/mol. The maximum Gasteiger partial charge on any atom is 0.253 e. The molecule has 1 saturated heterocycles. The number of benzene rings is 1. The van der Waals surface area contributed by atoms with E-state index in [0.717, 1.165) is 24.1 Å². The number of rotatable bonds is 4. The zero-order valence-corrected chi connectivity index (χ0v) is 15.1. The Hall–Kier alpha value is -3.22. The van der Waals surface area contributed by atoms with E-state index in [1.807, 2.05) is 37.4 Å². The number of H-pyrrole nitrogens is 1. The van der Waals surface area contributed by atoms with E-state index >= 15 is 0 Å². The van der Waals surface area contributed by atoms with Gasteiger partial charge in [-0.2, -0.15) is 5.10 Å². The summed E-state index contributed by atoms with van der Waals surface area (Å²) in [6.45, 7) is 1.11.